The Balaban J connectivity index is 1.88. The molecule has 0 saturated heterocycles. The van der Waals surface area contributed by atoms with Gasteiger partial charge in [-0.3, -0.25) is 0 Å². The van der Waals surface area contributed by atoms with Gasteiger partial charge in [0, 0.05) is 23.5 Å². The monoisotopic (exact) mass is 258 g/mol. The Morgan fingerprint density at radius 2 is 2.12 bits per heavy atom. The Bertz CT molecular complexity index is 381. The third-order valence-corrected chi connectivity index (χ3v) is 4.38. The van der Waals surface area contributed by atoms with E-state index in [2.05, 4.69) is 0 Å². The summed E-state index contributed by atoms with van der Waals surface area (Å²) < 4.78 is 26.4. The number of aromatic hydroxyl groups is 1. The first-order valence-electron chi connectivity index (χ1n) is 5.85. The van der Waals surface area contributed by atoms with E-state index >= 15 is 0 Å². The average Bonchev–Trinajstić information content (AvgIpc) is 2.27. The van der Waals surface area contributed by atoms with Crippen molar-refractivity contribution in [2.75, 3.05) is 5.75 Å². The number of phenols is 1. The van der Waals surface area contributed by atoms with Crippen LogP contribution in [-0.4, -0.2) is 16.8 Å². The van der Waals surface area contributed by atoms with Crippen molar-refractivity contribution in [3.8, 4) is 5.75 Å². The molecule has 1 aliphatic rings. The number of thioether (sulfide) groups is 1. The Morgan fingerprint density at radius 1 is 1.35 bits per heavy atom. The number of phenolic OH excluding ortho intramolecular Hbond substituents is 1. The van der Waals surface area contributed by atoms with Gasteiger partial charge in [0.25, 0.3) is 0 Å². The summed E-state index contributed by atoms with van der Waals surface area (Å²) in [6.45, 7) is 0. The van der Waals surface area contributed by atoms with Crippen LogP contribution in [0.3, 0.4) is 0 Å². The van der Waals surface area contributed by atoms with Gasteiger partial charge < -0.3 is 5.11 Å². The highest BCUT2D eigenvalue weighted by Crippen LogP contribution is 2.39. The second kappa shape index (κ2) is 5.25. The normalized spacial score (nSPS) is 23.5. The number of benzene rings is 1. The van der Waals surface area contributed by atoms with Crippen LogP contribution in [0.5, 0.6) is 5.75 Å². The minimum Gasteiger partial charge on any atom is -0.507 e. The molecule has 1 N–H and O–H groups in total. The molecular formula is C13H16F2OS. The highest BCUT2D eigenvalue weighted by atomic mass is 32.2. The minimum atomic E-state index is -2.48. The van der Waals surface area contributed by atoms with Crippen molar-refractivity contribution in [1.29, 1.82) is 0 Å². The summed E-state index contributed by atoms with van der Waals surface area (Å²) in [5.41, 5.74) is 0. The van der Waals surface area contributed by atoms with Crippen molar-refractivity contribution in [2.24, 2.45) is 5.92 Å². The molecule has 4 heteroatoms. The van der Waals surface area contributed by atoms with Gasteiger partial charge in [-0.2, -0.15) is 0 Å². The molecule has 1 aliphatic carbocycles. The lowest BCUT2D eigenvalue weighted by atomic mass is 9.88. The number of alkyl halides is 2. The van der Waals surface area contributed by atoms with Crippen molar-refractivity contribution in [2.45, 2.75) is 36.5 Å². The van der Waals surface area contributed by atoms with Crippen LogP contribution in [0.4, 0.5) is 8.78 Å². The van der Waals surface area contributed by atoms with E-state index in [1.165, 1.54) is 11.8 Å². The van der Waals surface area contributed by atoms with Crippen molar-refractivity contribution >= 4 is 11.8 Å². The Kier molecular flexibility index (Phi) is 3.92. The number of halogens is 2. The lowest BCUT2D eigenvalue weighted by molar-refractivity contribution is -0.0487. The van der Waals surface area contributed by atoms with Gasteiger partial charge in [0.15, 0.2) is 0 Å². The molecule has 0 spiro atoms. The molecule has 1 nitrogen and oxygen atoms in total. The van der Waals surface area contributed by atoms with Gasteiger partial charge in [-0.1, -0.05) is 12.1 Å². The van der Waals surface area contributed by atoms with E-state index in [9.17, 15) is 13.9 Å². The van der Waals surface area contributed by atoms with Crippen molar-refractivity contribution < 1.29 is 13.9 Å². The zero-order valence-corrected chi connectivity index (χ0v) is 10.4. The molecule has 1 atom stereocenters. The molecule has 1 saturated carbocycles. The van der Waals surface area contributed by atoms with E-state index < -0.39 is 5.92 Å². The van der Waals surface area contributed by atoms with Crippen LogP contribution in [0.15, 0.2) is 29.2 Å². The zero-order chi connectivity index (χ0) is 12.3. The van der Waals surface area contributed by atoms with Crippen LogP contribution < -0.4 is 0 Å². The highest BCUT2D eigenvalue weighted by Gasteiger charge is 2.35. The molecule has 2 rings (SSSR count). The highest BCUT2D eigenvalue weighted by molar-refractivity contribution is 7.99. The van der Waals surface area contributed by atoms with Gasteiger partial charge in [0.2, 0.25) is 5.92 Å². The van der Waals surface area contributed by atoms with Crippen LogP contribution in [-0.2, 0) is 0 Å². The van der Waals surface area contributed by atoms with E-state index in [4.69, 9.17) is 0 Å². The second-order valence-corrected chi connectivity index (χ2v) is 5.66. The zero-order valence-electron chi connectivity index (χ0n) is 9.53. The summed E-state index contributed by atoms with van der Waals surface area (Å²) in [7, 11) is 0. The molecular weight excluding hydrogens is 242 g/mol. The van der Waals surface area contributed by atoms with E-state index in [0.717, 1.165) is 11.3 Å². The summed E-state index contributed by atoms with van der Waals surface area (Å²) in [5.74, 6) is -1.53. The lowest BCUT2D eigenvalue weighted by Crippen LogP contribution is -2.27. The average molecular weight is 258 g/mol. The van der Waals surface area contributed by atoms with Crippen molar-refractivity contribution in [3.63, 3.8) is 0 Å². The molecule has 1 fully saturated rings. The first-order chi connectivity index (χ1) is 8.07. The Hall–Kier alpha value is -0.770. The topological polar surface area (TPSA) is 20.2 Å². The molecule has 1 unspecified atom stereocenters. The predicted molar refractivity (Wildman–Crippen MR) is 65.7 cm³/mol. The maximum atomic E-state index is 13.2. The van der Waals surface area contributed by atoms with Crippen LogP contribution in [0.2, 0.25) is 0 Å². The first kappa shape index (κ1) is 12.7. The summed E-state index contributed by atoms with van der Waals surface area (Å²) in [6, 6.07) is 7.05. The van der Waals surface area contributed by atoms with Crippen LogP contribution in [0.1, 0.15) is 25.7 Å². The number of rotatable bonds is 3. The molecule has 1 aromatic carbocycles. The summed E-state index contributed by atoms with van der Waals surface area (Å²) >= 11 is 1.47. The fourth-order valence-corrected chi connectivity index (χ4v) is 3.30. The molecule has 0 bridgehead atoms. The Labute approximate surface area is 104 Å². The third kappa shape index (κ3) is 3.60. The third-order valence-electron chi connectivity index (χ3n) is 3.08. The fraction of sp³-hybridized carbons (Fsp3) is 0.538. The first-order valence-corrected chi connectivity index (χ1v) is 6.84. The quantitative estimate of drug-likeness (QED) is 0.815. The van der Waals surface area contributed by atoms with Gasteiger partial charge in [-0.15, -0.1) is 11.8 Å². The molecule has 0 aliphatic heterocycles. The molecule has 94 valence electrons. The second-order valence-electron chi connectivity index (χ2n) is 4.60. The molecule has 0 radical (unpaired) electrons. The van der Waals surface area contributed by atoms with Crippen LogP contribution in [0, 0.1) is 5.92 Å². The van der Waals surface area contributed by atoms with Gasteiger partial charge >= 0.3 is 0 Å². The van der Waals surface area contributed by atoms with E-state index in [0.29, 0.717) is 12.2 Å². The summed E-state index contributed by atoms with van der Waals surface area (Å²) in [6.07, 6.45) is 1.51. The van der Waals surface area contributed by atoms with Gasteiger partial charge in [-0.05, 0) is 30.9 Å². The standard InChI is InChI=1S/C13H16F2OS/c14-13(15)7-3-4-10(8-13)9-17-12-6-2-1-5-11(12)16/h1-2,5-6,10,16H,3-4,7-9H2. The Morgan fingerprint density at radius 3 is 2.82 bits per heavy atom. The molecule has 0 heterocycles. The maximum Gasteiger partial charge on any atom is 0.248 e. The van der Waals surface area contributed by atoms with Gasteiger partial charge in [0.05, 0.1) is 0 Å². The van der Waals surface area contributed by atoms with Crippen LogP contribution >= 0.6 is 11.8 Å². The smallest absolute Gasteiger partial charge is 0.248 e. The van der Waals surface area contributed by atoms with Crippen molar-refractivity contribution in [1.82, 2.24) is 0 Å². The van der Waals surface area contributed by atoms with E-state index in [-0.39, 0.29) is 24.5 Å². The van der Waals surface area contributed by atoms with Gasteiger partial charge in [-0.25, -0.2) is 8.78 Å². The number of para-hydroxylation sites is 1. The minimum absolute atomic E-state index is 0.00635. The molecule has 0 amide bonds. The summed E-state index contributed by atoms with van der Waals surface area (Å²) in [4.78, 5) is 0.779. The van der Waals surface area contributed by atoms with E-state index in [1.54, 1.807) is 12.1 Å². The molecule has 17 heavy (non-hydrogen) atoms. The number of hydrogen-bond acceptors (Lipinski definition) is 2. The molecule has 0 aromatic heterocycles. The summed E-state index contributed by atoms with van der Waals surface area (Å²) in [5, 5.41) is 9.57. The number of hydrogen-bond donors (Lipinski definition) is 1. The van der Waals surface area contributed by atoms with E-state index in [1.807, 2.05) is 12.1 Å². The molecule has 1 aromatic rings. The van der Waals surface area contributed by atoms with Crippen molar-refractivity contribution in [3.05, 3.63) is 24.3 Å². The SMILES string of the molecule is Oc1ccccc1SCC1CCCC(F)(F)C1. The lowest BCUT2D eigenvalue weighted by Gasteiger charge is -2.28. The van der Waals surface area contributed by atoms with Crippen LogP contribution in [0.25, 0.3) is 0 Å². The fourth-order valence-electron chi connectivity index (χ4n) is 2.20. The predicted octanol–water partition coefficient (Wildman–Crippen LogP) is 4.31. The maximum absolute atomic E-state index is 13.2. The largest absolute Gasteiger partial charge is 0.507 e. The van der Waals surface area contributed by atoms with Gasteiger partial charge in [0.1, 0.15) is 5.75 Å².